The van der Waals surface area contributed by atoms with Crippen LogP contribution in [0.5, 0.6) is 5.75 Å². The van der Waals surface area contributed by atoms with E-state index >= 15 is 0 Å². The van der Waals surface area contributed by atoms with Crippen LogP contribution < -0.4 is 10.1 Å². The number of ether oxygens (including phenoxy) is 1. The molecule has 120 valence electrons. The molecular formula is C15H17F3N2O2. The molecule has 0 aliphatic carbocycles. The number of halogens is 3. The SMILES string of the molecule is O=C(c1cccc(OC(F)(F)F)c1)N1CCC2CCC(C1)N2. The van der Waals surface area contributed by atoms with Gasteiger partial charge < -0.3 is 15.0 Å². The summed E-state index contributed by atoms with van der Waals surface area (Å²) in [6.45, 7) is 1.22. The zero-order valence-corrected chi connectivity index (χ0v) is 11.9. The molecule has 0 radical (unpaired) electrons. The number of nitrogens with zero attached hydrogens (tertiary/aromatic N) is 1. The Morgan fingerprint density at radius 3 is 2.77 bits per heavy atom. The minimum Gasteiger partial charge on any atom is -0.406 e. The van der Waals surface area contributed by atoms with Gasteiger partial charge in [0.1, 0.15) is 5.75 Å². The lowest BCUT2D eigenvalue weighted by molar-refractivity contribution is -0.274. The van der Waals surface area contributed by atoms with Crippen molar-refractivity contribution in [3.8, 4) is 5.75 Å². The zero-order valence-electron chi connectivity index (χ0n) is 11.9. The molecule has 0 spiro atoms. The van der Waals surface area contributed by atoms with Crippen LogP contribution in [0.2, 0.25) is 0 Å². The lowest BCUT2D eigenvalue weighted by Gasteiger charge is -2.24. The average Bonchev–Trinajstić information content (AvgIpc) is 2.76. The van der Waals surface area contributed by atoms with E-state index in [0.29, 0.717) is 19.1 Å². The quantitative estimate of drug-likeness (QED) is 0.912. The number of nitrogens with one attached hydrogen (secondary N) is 1. The highest BCUT2D eigenvalue weighted by Crippen LogP contribution is 2.25. The molecule has 2 unspecified atom stereocenters. The Balaban J connectivity index is 1.73. The number of carbonyl (C=O) groups excluding carboxylic acids is 1. The van der Waals surface area contributed by atoms with E-state index in [4.69, 9.17) is 0 Å². The van der Waals surface area contributed by atoms with Crippen molar-refractivity contribution in [2.75, 3.05) is 13.1 Å². The first-order chi connectivity index (χ1) is 10.4. The molecule has 2 fully saturated rings. The van der Waals surface area contributed by atoms with Crippen LogP contribution in [0.3, 0.4) is 0 Å². The molecule has 22 heavy (non-hydrogen) atoms. The molecule has 4 nitrogen and oxygen atoms in total. The maximum Gasteiger partial charge on any atom is 0.573 e. The number of carbonyl (C=O) groups is 1. The topological polar surface area (TPSA) is 41.6 Å². The van der Waals surface area contributed by atoms with Gasteiger partial charge in [-0.15, -0.1) is 13.2 Å². The largest absolute Gasteiger partial charge is 0.573 e. The number of hydrogen-bond acceptors (Lipinski definition) is 3. The van der Waals surface area contributed by atoms with Gasteiger partial charge in [0.25, 0.3) is 5.91 Å². The Kier molecular flexibility index (Phi) is 3.99. The van der Waals surface area contributed by atoms with Gasteiger partial charge in [0.05, 0.1) is 0 Å². The standard InChI is InChI=1S/C15H17F3N2O2/c16-15(17,18)22-13-3-1-2-10(8-13)14(21)20-7-6-11-4-5-12(9-20)19-11/h1-3,8,11-12,19H,4-7,9H2. The predicted molar refractivity (Wildman–Crippen MR) is 73.6 cm³/mol. The Bertz CT molecular complexity index is 562. The fourth-order valence-corrected chi connectivity index (χ4v) is 3.14. The average molecular weight is 314 g/mol. The van der Waals surface area contributed by atoms with Crippen LogP contribution in [0.4, 0.5) is 13.2 Å². The minimum absolute atomic E-state index is 0.222. The number of alkyl halides is 3. The fourth-order valence-electron chi connectivity index (χ4n) is 3.14. The van der Waals surface area contributed by atoms with E-state index in [2.05, 4.69) is 10.1 Å². The molecule has 2 saturated heterocycles. The summed E-state index contributed by atoms with van der Waals surface area (Å²) in [4.78, 5) is 14.2. The Morgan fingerprint density at radius 1 is 1.23 bits per heavy atom. The van der Waals surface area contributed by atoms with Gasteiger partial charge in [-0.2, -0.15) is 0 Å². The van der Waals surface area contributed by atoms with Crippen LogP contribution in [0, 0.1) is 0 Å². The second-order valence-corrected chi connectivity index (χ2v) is 5.75. The summed E-state index contributed by atoms with van der Waals surface area (Å²) in [5, 5.41) is 3.46. The van der Waals surface area contributed by atoms with Gasteiger partial charge in [0.15, 0.2) is 0 Å². The van der Waals surface area contributed by atoms with Crippen molar-refractivity contribution in [3.05, 3.63) is 29.8 Å². The lowest BCUT2D eigenvalue weighted by atomic mass is 10.1. The van der Waals surface area contributed by atoms with Gasteiger partial charge in [0, 0.05) is 30.7 Å². The first-order valence-corrected chi connectivity index (χ1v) is 7.32. The van der Waals surface area contributed by atoms with Gasteiger partial charge in [-0.1, -0.05) is 6.07 Å². The summed E-state index contributed by atoms with van der Waals surface area (Å²) in [5.41, 5.74) is 0.222. The highest BCUT2D eigenvalue weighted by molar-refractivity contribution is 5.94. The predicted octanol–water partition coefficient (Wildman–Crippen LogP) is 2.55. The van der Waals surface area contributed by atoms with Gasteiger partial charge in [-0.3, -0.25) is 4.79 Å². The van der Waals surface area contributed by atoms with E-state index < -0.39 is 6.36 Å². The highest BCUT2D eigenvalue weighted by atomic mass is 19.4. The van der Waals surface area contributed by atoms with Gasteiger partial charge in [-0.05, 0) is 37.5 Å². The Morgan fingerprint density at radius 2 is 2.00 bits per heavy atom. The van der Waals surface area contributed by atoms with Crippen molar-refractivity contribution in [1.29, 1.82) is 0 Å². The molecule has 3 rings (SSSR count). The molecule has 0 aromatic heterocycles. The van der Waals surface area contributed by atoms with Crippen molar-refractivity contribution in [2.45, 2.75) is 37.7 Å². The molecule has 2 aliphatic rings. The van der Waals surface area contributed by atoms with E-state index in [-0.39, 0.29) is 23.3 Å². The monoisotopic (exact) mass is 314 g/mol. The maximum atomic E-state index is 12.5. The van der Waals surface area contributed by atoms with E-state index in [9.17, 15) is 18.0 Å². The van der Waals surface area contributed by atoms with Crippen LogP contribution in [0.15, 0.2) is 24.3 Å². The molecule has 2 atom stereocenters. The molecule has 0 saturated carbocycles. The number of benzene rings is 1. The molecular weight excluding hydrogens is 297 g/mol. The molecule has 1 aromatic carbocycles. The molecule has 2 heterocycles. The Hall–Kier alpha value is -1.76. The molecule has 1 N–H and O–H groups in total. The third-order valence-electron chi connectivity index (χ3n) is 4.13. The normalized spacial score (nSPS) is 25.0. The number of hydrogen-bond donors (Lipinski definition) is 1. The molecule has 2 bridgehead atoms. The maximum absolute atomic E-state index is 12.5. The Labute approximate surface area is 126 Å². The van der Waals surface area contributed by atoms with Crippen molar-refractivity contribution >= 4 is 5.91 Å². The van der Waals surface area contributed by atoms with E-state index in [1.165, 1.54) is 18.2 Å². The van der Waals surface area contributed by atoms with Crippen molar-refractivity contribution in [3.63, 3.8) is 0 Å². The van der Waals surface area contributed by atoms with Crippen LogP contribution in [0.1, 0.15) is 29.6 Å². The number of fused-ring (bicyclic) bond motifs is 2. The molecule has 2 aliphatic heterocycles. The molecule has 1 amide bonds. The van der Waals surface area contributed by atoms with E-state index in [1.54, 1.807) is 4.90 Å². The van der Waals surface area contributed by atoms with Gasteiger partial charge in [-0.25, -0.2) is 0 Å². The number of amides is 1. The third kappa shape index (κ3) is 3.52. The smallest absolute Gasteiger partial charge is 0.406 e. The highest BCUT2D eigenvalue weighted by Gasteiger charge is 2.33. The summed E-state index contributed by atoms with van der Waals surface area (Å²) in [7, 11) is 0. The van der Waals surface area contributed by atoms with Gasteiger partial charge in [0.2, 0.25) is 0 Å². The zero-order chi connectivity index (χ0) is 15.7. The van der Waals surface area contributed by atoms with Crippen molar-refractivity contribution in [2.24, 2.45) is 0 Å². The first-order valence-electron chi connectivity index (χ1n) is 7.32. The first kappa shape index (κ1) is 15.1. The molecule has 1 aromatic rings. The van der Waals surface area contributed by atoms with E-state index in [0.717, 1.165) is 25.3 Å². The lowest BCUT2D eigenvalue weighted by Crippen LogP contribution is -2.39. The number of likely N-dealkylation sites (tertiary alicyclic amines) is 1. The summed E-state index contributed by atoms with van der Waals surface area (Å²) >= 11 is 0. The minimum atomic E-state index is -4.76. The summed E-state index contributed by atoms with van der Waals surface area (Å²) < 4.78 is 40.6. The summed E-state index contributed by atoms with van der Waals surface area (Å²) in [5.74, 6) is -0.616. The number of rotatable bonds is 2. The van der Waals surface area contributed by atoms with Crippen molar-refractivity contribution in [1.82, 2.24) is 10.2 Å². The third-order valence-corrected chi connectivity index (χ3v) is 4.13. The fraction of sp³-hybridized carbons (Fsp3) is 0.533. The van der Waals surface area contributed by atoms with Crippen LogP contribution >= 0.6 is 0 Å². The second-order valence-electron chi connectivity index (χ2n) is 5.75. The summed E-state index contributed by atoms with van der Waals surface area (Å²) in [6.07, 6.45) is -1.72. The van der Waals surface area contributed by atoms with Crippen molar-refractivity contribution < 1.29 is 22.7 Å². The van der Waals surface area contributed by atoms with E-state index in [1.807, 2.05) is 0 Å². The van der Waals surface area contributed by atoms with Crippen LogP contribution in [-0.2, 0) is 0 Å². The van der Waals surface area contributed by atoms with Gasteiger partial charge >= 0.3 is 6.36 Å². The second kappa shape index (κ2) is 5.79. The molecule has 7 heteroatoms. The van der Waals surface area contributed by atoms with Crippen LogP contribution in [-0.4, -0.2) is 42.3 Å². The summed E-state index contributed by atoms with van der Waals surface area (Å²) in [6, 6.07) is 5.98. The van der Waals surface area contributed by atoms with Crippen LogP contribution in [0.25, 0.3) is 0 Å².